The third kappa shape index (κ3) is 4.51. The molecule has 0 aliphatic heterocycles. The van der Waals surface area contributed by atoms with Gasteiger partial charge in [0.05, 0.1) is 32.1 Å². The molecule has 2 N–H and O–H groups in total. The van der Waals surface area contributed by atoms with Crippen LogP contribution in [0.5, 0.6) is 17.2 Å². The molecule has 2 heterocycles. The van der Waals surface area contributed by atoms with E-state index in [1.165, 1.54) is 16.4 Å². The number of rotatable bonds is 9. The Labute approximate surface area is 194 Å². The fourth-order valence-corrected chi connectivity index (χ4v) is 4.83. The molecule has 10 heteroatoms. The van der Waals surface area contributed by atoms with Crippen molar-refractivity contribution < 1.29 is 14.2 Å². The molecular weight excluding hydrogens is 446 g/mol. The number of nitrogens with zero attached hydrogens (tertiary/aromatic N) is 4. The van der Waals surface area contributed by atoms with Crippen LogP contribution in [0, 0.1) is 0 Å². The van der Waals surface area contributed by atoms with Crippen molar-refractivity contribution in [3.05, 3.63) is 53.5 Å². The van der Waals surface area contributed by atoms with Gasteiger partial charge in [-0.2, -0.15) is 0 Å². The summed E-state index contributed by atoms with van der Waals surface area (Å²) in [7, 11) is 3.25. The third-order valence-corrected chi connectivity index (χ3v) is 6.52. The van der Waals surface area contributed by atoms with Gasteiger partial charge < -0.3 is 20.1 Å². The zero-order chi connectivity index (χ0) is 22.5. The second-order valence-corrected chi connectivity index (χ2v) is 8.41. The minimum atomic E-state index is 0.593. The van der Waals surface area contributed by atoms with E-state index in [9.17, 15) is 0 Å². The van der Waals surface area contributed by atoms with Gasteiger partial charge in [0, 0.05) is 16.7 Å². The number of thioether (sulfide) groups is 1. The molecule has 32 heavy (non-hydrogen) atoms. The molecule has 2 aromatic heterocycles. The van der Waals surface area contributed by atoms with Crippen molar-refractivity contribution in [1.82, 2.24) is 19.9 Å². The van der Waals surface area contributed by atoms with Crippen LogP contribution in [0.4, 0.5) is 0 Å². The summed E-state index contributed by atoms with van der Waals surface area (Å²) >= 11 is 3.03. The topological polar surface area (TPSA) is 97.3 Å². The Morgan fingerprint density at radius 3 is 2.59 bits per heavy atom. The Morgan fingerprint density at radius 1 is 1.06 bits per heavy atom. The predicted molar refractivity (Wildman–Crippen MR) is 127 cm³/mol. The Kier molecular flexibility index (Phi) is 6.81. The lowest BCUT2D eigenvalue weighted by Gasteiger charge is -2.10. The van der Waals surface area contributed by atoms with Crippen LogP contribution in [-0.4, -0.2) is 40.7 Å². The second kappa shape index (κ2) is 9.92. The molecule has 0 unspecified atom stereocenters. The van der Waals surface area contributed by atoms with Crippen LogP contribution < -0.4 is 20.1 Å². The SMILES string of the molecule is CCOc1ccc(-c2nnc(SCc3csc(-c4cccc(OC)c4OC)n3)n2N)cc1. The summed E-state index contributed by atoms with van der Waals surface area (Å²) in [5.41, 5.74) is 2.69. The maximum Gasteiger partial charge on any atom is 0.210 e. The van der Waals surface area contributed by atoms with Gasteiger partial charge >= 0.3 is 0 Å². The lowest BCUT2D eigenvalue weighted by molar-refractivity contribution is 0.340. The molecule has 0 fully saturated rings. The van der Waals surface area contributed by atoms with E-state index >= 15 is 0 Å². The minimum absolute atomic E-state index is 0.593. The number of nitrogen functional groups attached to an aromatic ring is 1. The first-order chi connectivity index (χ1) is 15.6. The first-order valence-corrected chi connectivity index (χ1v) is 11.7. The summed E-state index contributed by atoms with van der Waals surface area (Å²) in [6.07, 6.45) is 0. The number of aromatic nitrogens is 4. The number of nitrogens with two attached hydrogens (primary N) is 1. The van der Waals surface area contributed by atoms with E-state index in [4.69, 9.17) is 25.0 Å². The average Bonchev–Trinajstić information content (AvgIpc) is 3.44. The van der Waals surface area contributed by atoms with Crippen LogP contribution in [-0.2, 0) is 5.75 Å². The standard InChI is InChI=1S/C22H23N5O3S2/c1-4-30-16-10-8-14(9-11-16)20-25-26-22(27(20)23)32-13-15-12-31-21(24-15)17-6-5-7-18(28-2)19(17)29-3/h5-12H,4,13,23H2,1-3H3. The summed E-state index contributed by atoms with van der Waals surface area (Å²) in [5.74, 6) is 9.61. The maximum atomic E-state index is 6.25. The molecule has 0 aliphatic carbocycles. The first kappa shape index (κ1) is 22.0. The van der Waals surface area contributed by atoms with Crippen LogP contribution in [0.15, 0.2) is 53.0 Å². The summed E-state index contributed by atoms with van der Waals surface area (Å²) in [6, 6.07) is 13.4. The van der Waals surface area contributed by atoms with Crippen molar-refractivity contribution in [2.45, 2.75) is 17.8 Å². The van der Waals surface area contributed by atoms with Crippen LogP contribution in [0.1, 0.15) is 12.6 Å². The van der Waals surface area contributed by atoms with Gasteiger partial charge in [0.2, 0.25) is 5.16 Å². The van der Waals surface area contributed by atoms with Gasteiger partial charge in [0.1, 0.15) is 10.8 Å². The third-order valence-electron chi connectivity index (χ3n) is 4.62. The molecule has 0 bridgehead atoms. The molecule has 4 rings (SSSR count). The van der Waals surface area contributed by atoms with Crippen molar-refractivity contribution in [1.29, 1.82) is 0 Å². The Bertz CT molecular complexity index is 1190. The van der Waals surface area contributed by atoms with Crippen LogP contribution in [0.3, 0.4) is 0 Å². The Balaban J connectivity index is 1.47. The fourth-order valence-electron chi connectivity index (χ4n) is 3.13. The number of para-hydroxylation sites is 1. The van der Waals surface area contributed by atoms with Gasteiger partial charge in [-0.05, 0) is 43.3 Å². The van der Waals surface area contributed by atoms with E-state index in [1.54, 1.807) is 25.6 Å². The lowest BCUT2D eigenvalue weighted by atomic mass is 10.2. The average molecular weight is 470 g/mol. The van der Waals surface area contributed by atoms with Gasteiger partial charge in [0.15, 0.2) is 17.3 Å². The molecule has 2 aromatic carbocycles. The summed E-state index contributed by atoms with van der Waals surface area (Å²) in [5, 5.41) is 12.0. The van der Waals surface area contributed by atoms with E-state index in [0.717, 1.165) is 27.6 Å². The van der Waals surface area contributed by atoms with Crippen LogP contribution in [0.25, 0.3) is 22.0 Å². The number of hydrogen-bond donors (Lipinski definition) is 1. The van der Waals surface area contributed by atoms with E-state index in [1.807, 2.05) is 54.8 Å². The highest BCUT2D eigenvalue weighted by molar-refractivity contribution is 7.98. The molecule has 8 nitrogen and oxygen atoms in total. The van der Waals surface area contributed by atoms with Gasteiger partial charge in [0.25, 0.3) is 0 Å². The highest BCUT2D eigenvalue weighted by Crippen LogP contribution is 2.39. The van der Waals surface area contributed by atoms with Gasteiger partial charge in [-0.1, -0.05) is 17.8 Å². The molecule has 0 saturated heterocycles. The maximum absolute atomic E-state index is 6.25. The Hall–Kier alpha value is -3.24. The van der Waals surface area contributed by atoms with Gasteiger partial charge in [-0.3, -0.25) is 0 Å². The molecule has 0 radical (unpaired) electrons. The Morgan fingerprint density at radius 2 is 1.88 bits per heavy atom. The molecule has 0 spiro atoms. The molecule has 4 aromatic rings. The number of ether oxygens (including phenoxy) is 3. The van der Waals surface area contributed by atoms with E-state index in [-0.39, 0.29) is 0 Å². The largest absolute Gasteiger partial charge is 0.494 e. The van der Waals surface area contributed by atoms with E-state index in [0.29, 0.717) is 34.8 Å². The van der Waals surface area contributed by atoms with E-state index in [2.05, 4.69) is 10.2 Å². The summed E-state index contributed by atoms with van der Waals surface area (Å²) < 4.78 is 17.9. The molecule has 0 saturated carbocycles. The van der Waals surface area contributed by atoms with Crippen molar-refractivity contribution in [2.24, 2.45) is 0 Å². The van der Waals surface area contributed by atoms with Crippen molar-refractivity contribution in [2.75, 3.05) is 26.7 Å². The highest BCUT2D eigenvalue weighted by Gasteiger charge is 2.16. The molecule has 0 amide bonds. The predicted octanol–water partition coefficient (Wildman–Crippen LogP) is 4.49. The van der Waals surface area contributed by atoms with Crippen molar-refractivity contribution in [3.8, 4) is 39.2 Å². The van der Waals surface area contributed by atoms with Crippen molar-refractivity contribution in [3.63, 3.8) is 0 Å². The number of benzene rings is 2. The number of hydrogen-bond acceptors (Lipinski definition) is 9. The van der Waals surface area contributed by atoms with E-state index < -0.39 is 0 Å². The minimum Gasteiger partial charge on any atom is -0.494 e. The zero-order valence-electron chi connectivity index (χ0n) is 17.9. The first-order valence-electron chi connectivity index (χ1n) is 9.86. The number of thiazole rings is 1. The van der Waals surface area contributed by atoms with Crippen LogP contribution in [0.2, 0.25) is 0 Å². The molecule has 0 aliphatic rings. The monoisotopic (exact) mass is 469 g/mol. The second-order valence-electron chi connectivity index (χ2n) is 6.61. The molecule has 166 valence electrons. The normalized spacial score (nSPS) is 10.8. The van der Waals surface area contributed by atoms with Crippen LogP contribution >= 0.6 is 23.1 Å². The molecular formula is C22H23N5O3S2. The lowest BCUT2D eigenvalue weighted by Crippen LogP contribution is -2.11. The fraction of sp³-hybridized carbons (Fsp3) is 0.227. The zero-order valence-corrected chi connectivity index (χ0v) is 19.6. The smallest absolute Gasteiger partial charge is 0.210 e. The molecule has 0 atom stereocenters. The summed E-state index contributed by atoms with van der Waals surface area (Å²) in [4.78, 5) is 4.75. The summed E-state index contributed by atoms with van der Waals surface area (Å²) in [6.45, 7) is 2.57. The van der Waals surface area contributed by atoms with Gasteiger partial charge in [-0.25, -0.2) is 9.66 Å². The highest BCUT2D eigenvalue weighted by atomic mass is 32.2. The van der Waals surface area contributed by atoms with Crippen molar-refractivity contribution >= 4 is 23.1 Å². The number of methoxy groups -OCH3 is 2. The van der Waals surface area contributed by atoms with Gasteiger partial charge in [-0.15, -0.1) is 21.5 Å². The quantitative estimate of drug-likeness (QED) is 0.283.